The van der Waals surface area contributed by atoms with Crippen molar-refractivity contribution in [2.24, 2.45) is 17.8 Å². The van der Waals surface area contributed by atoms with Gasteiger partial charge in [0.2, 0.25) is 0 Å². The molecule has 10 nitrogen and oxygen atoms in total. The maximum Gasteiger partial charge on any atom is 0.343 e. The summed E-state index contributed by atoms with van der Waals surface area (Å²) < 4.78 is 26.0. The number of carbonyl (C=O) groups excluding carboxylic acids is 3. The van der Waals surface area contributed by atoms with Gasteiger partial charge in [0.1, 0.15) is 29.5 Å². The maximum atomic E-state index is 14.1. The molecule has 2 aliphatic rings. The molecule has 67 heavy (non-hydrogen) atoms. The predicted molar refractivity (Wildman–Crippen MR) is 264 cm³/mol. The quantitative estimate of drug-likeness (QED) is 0.0544. The van der Waals surface area contributed by atoms with Crippen molar-refractivity contribution in [2.75, 3.05) is 0 Å². The molecule has 10 heteroatoms. The van der Waals surface area contributed by atoms with Crippen molar-refractivity contribution >= 4 is 28.8 Å². The standard InChI is InChI=1S/C57H70N2O8/c1-10-17-50(60)64-34-46-49(32-48-51-44(33-59(48)54(46)61)30-41-23-11-12-26-47(41)58-51)65-55(62)42-24-15-25-43(31-42)56(63)66-52-38(6)39(7)53-45(40(52)8)27-29-57(9,67-53)28-16-22-37(5)21-14-20-36(4)19-13-18-35(2)3/h11-12,15,23-26,30-32,35-37H,10,13-14,16-22,27-29,33-34H2,1-9H3/t36-,37-,57-/m1/s1. The molecule has 3 atom stereocenters. The van der Waals surface area contributed by atoms with Crippen molar-refractivity contribution in [2.45, 2.75) is 165 Å². The number of esters is 3. The SMILES string of the molecule is CCCC(=O)OCc1c(OC(=O)c2cccc(C(=O)Oc3c(C)c(C)c4c(c3C)CC[C@@](C)(CCC[C@H](C)CCC[C@H](C)CCCC(C)C)O4)c2)cc2n(c1=O)Cc1cc3ccccc3nc1-2. The van der Waals surface area contributed by atoms with Crippen molar-refractivity contribution in [3.8, 4) is 28.6 Å². The van der Waals surface area contributed by atoms with E-state index in [0.29, 0.717) is 29.5 Å². The number of para-hydroxylation sites is 1. The van der Waals surface area contributed by atoms with Crippen LogP contribution in [0.4, 0.5) is 0 Å². The third kappa shape index (κ3) is 11.5. The third-order valence-corrected chi connectivity index (χ3v) is 14.1. The molecule has 7 rings (SSSR count). The van der Waals surface area contributed by atoms with Crippen LogP contribution in [0, 0.1) is 38.5 Å². The Morgan fingerprint density at radius 1 is 0.806 bits per heavy atom. The van der Waals surface area contributed by atoms with E-state index in [-0.39, 0.29) is 47.6 Å². The Bertz CT molecular complexity index is 2700. The normalized spacial score (nSPS) is 15.9. The van der Waals surface area contributed by atoms with E-state index >= 15 is 0 Å². The third-order valence-electron chi connectivity index (χ3n) is 14.1. The zero-order valence-electron chi connectivity index (χ0n) is 41.3. The van der Waals surface area contributed by atoms with Gasteiger partial charge in [0, 0.05) is 29.0 Å². The number of hydrogen-bond acceptors (Lipinski definition) is 9. The van der Waals surface area contributed by atoms with Crippen LogP contribution in [0.5, 0.6) is 17.2 Å². The summed E-state index contributed by atoms with van der Waals surface area (Å²) in [6, 6.07) is 17.4. The van der Waals surface area contributed by atoms with Gasteiger partial charge in [0.25, 0.3) is 5.56 Å². The van der Waals surface area contributed by atoms with E-state index < -0.39 is 23.5 Å². The molecule has 356 valence electrons. The lowest BCUT2D eigenvalue weighted by atomic mass is 9.83. The lowest BCUT2D eigenvalue weighted by Crippen LogP contribution is -2.37. The molecule has 0 aliphatic carbocycles. The monoisotopic (exact) mass is 911 g/mol. The van der Waals surface area contributed by atoms with E-state index in [2.05, 4.69) is 34.6 Å². The predicted octanol–water partition coefficient (Wildman–Crippen LogP) is 13.2. The Kier molecular flexibility index (Phi) is 15.7. The largest absolute Gasteiger partial charge is 0.487 e. The summed E-state index contributed by atoms with van der Waals surface area (Å²) in [6.45, 7) is 19.4. The molecule has 0 spiro atoms. The van der Waals surface area contributed by atoms with Crippen molar-refractivity contribution < 1.29 is 33.3 Å². The fourth-order valence-corrected chi connectivity index (χ4v) is 9.84. The molecule has 0 amide bonds. The molecular weight excluding hydrogens is 841 g/mol. The average molecular weight is 911 g/mol. The van der Waals surface area contributed by atoms with Crippen LogP contribution in [0.2, 0.25) is 0 Å². The van der Waals surface area contributed by atoms with Gasteiger partial charge in [-0.1, -0.05) is 104 Å². The van der Waals surface area contributed by atoms with Gasteiger partial charge >= 0.3 is 17.9 Å². The number of pyridine rings is 2. The molecule has 0 saturated carbocycles. The van der Waals surface area contributed by atoms with E-state index in [0.717, 1.165) is 82.0 Å². The Labute approximate surface area is 396 Å². The number of ether oxygens (including phenoxy) is 4. The van der Waals surface area contributed by atoms with Crippen LogP contribution in [0.1, 0.15) is 173 Å². The molecule has 2 aromatic heterocycles. The minimum atomic E-state index is -0.797. The molecular formula is C57H70N2O8. The number of rotatable bonds is 20. The van der Waals surface area contributed by atoms with Crippen LogP contribution in [-0.2, 0) is 29.1 Å². The molecule has 4 heterocycles. The van der Waals surface area contributed by atoms with Crippen LogP contribution in [0.15, 0.2) is 65.5 Å². The number of hydrogen-bond donors (Lipinski definition) is 0. The van der Waals surface area contributed by atoms with Gasteiger partial charge in [0.15, 0.2) is 0 Å². The molecule has 3 aromatic carbocycles. The van der Waals surface area contributed by atoms with Crippen LogP contribution in [0.3, 0.4) is 0 Å². The maximum absolute atomic E-state index is 14.1. The number of fused-ring (bicyclic) bond motifs is 5. The summed E-state index contributed by atoms with van der Waals surface area (Å²) in [5.41, 5.74) is 5.96. The Hall–Kier alpha value is -5.77. The van der Waals surface area contributed by atoms with Gasteiger partial charge < -0.3 is 23.5 Å². The van der Waals surface area contributed by atoms with Gasteiger partial charge in [0.05, 0.1) is 40.1 Å². The first-order valence-corrected chi connectivity index (χ1v) is 24.7. The van der Waals surface area contributed by atoms with E-state index in [1.54, 1.807) is 22.8 Å². The van der Waals surface area contributed by atoms with E-state index in [1.807, 2.05) is 58.0 Å². The van der Waals surface area contributed by atoms with E-state index in [9.17, 15) is 19.2 Å². The van der Waals surface area contributed by atoms with Gasteiger partial charge in [-0.05, 0) is 125 Å². The first-order valence-electron chi connectivity index (χ1n) is 24.7. The molecule has 0 bridgehead atoms. The Morgan fingerprint density at radius 3 is 2.18 bits per heavy atom. The van der Waals surface area contributed by atoms with Crippen molar-refractivity contribution in [3.05, 3.63) is 116 Å². The zero-order chi connectivity index (χ0) is 48.0. The van der Waals surface area contributed by atoms with Gasteiger partial charge in [-0.3, -0.25) is 9.59 Å². The lowest BCUT2D eigenvalue weighted by Gasteiger charge is -2.38. The van der Waals surface area contributed by atoms with Gasteiger partial charge in [-0.2, -0.15) is 0 Å². The van der Waals surface area contributed by atoms with Crippen LogP contribution >= 0.6 is 0 Å². The smallest absolute Gasteiger partial charge is 0.343 e. The van der Waals surface area contributed by atoms with Crippen LogP contribution in [-0.4, -0.2) is 33.1 Å². The number of aromatic nitrogens is 2. The summed E-state index contributed by atoms with van der Waals surface area (Å²) in [5, 5.41) is 0.939. The summed E-state index contributed by atoms with van der Waals surface area (Å²) in [7, 11) is 0. The highest BCUT2D eigenvalue weighted by molar-refractivity contribution is 5.97. The van der Waals surface area contributed by atoms with Gasteiger partial charge in [-0.25, -0.2) is 14.6 Å². The average Bonchev–Trinajstić information content (AvgIpc) is 3.65. The molecule has 0 N–H and O–H groups in total. The Balaban J connectivity index is 1.02. The molecule has 0 fully saturated rings. The minimum Gasteiger partial charge on any atom is -0.487 e. The summed E-state index contributed by atoms with van der Waals surface area (Å²) >= 11 is 0. The number of benzene rings is 3. The first-order chi connectivity index (χ1) is 32.0. The minimum absolute atomic E-state index is 0.0284. The van der Waals surface area contributed by atoms with E-state index in [4.69, 9.17) is 23.9 Å². The first kappa shape index (κ1) is 49.1. The summed E-state index contributed by atoms with van der Waals surface area (Å²) in [4.78, 5) is 59.2. The molecule has 2 aliphatic heterocycles. The zero-order valence-corrected chi connectivity index (χ0v) is 41.3. The van der Waals surface area contributed by atoms with Crippen LogP contribution in [0.25, 0.3) is 22.3 Å². The number of nitrogens with zero attached hydrogens (tertiary/aromatic N) is 2. The molecule has 5 aromatic rings. The van der Waals surface area contributed by atoms with Crippen molar-refractivity contribution in [1.29, 1.82) is 0 Å². The van der Waals surface area contributed by atoms with Crippen molar-refractivity contribution in [3.63, 3.8) is 0 Å². The highest BCUT2D eigenvalue weighted by Gasteiger charge is 2.35. The topological polar surface area (TPSA) is 123 Å². The Morgan fingerprint density at radius 2 is 1.48 bits per heavy atom. The number of carbonyl (C=O) groups is 3. The fourth-order valence-electron chi connectivity index (χ4n) is 9.84. The molecule has 0 unspecified atom stereocenters. The van der Waals surface area contributed by atoms with Gasteiger partial charge in [-0.15, -0.1) is 0 Å². The highest BCUT2D eigenvalue weighted by atomic mass is 16.6. The lowest BCUT2D eigenvalue weighted by molar-refractivity contribution is -0.145. The second kappa shape index (κ2) is 21.5. The second-order valence-electron chi connectivity index (χ2n) is 20.1. The second-order valence-corrected chi connectivity index (χ2v) is 20.1. The fraction of sp³-hybridized carbons (Fsp3) is 0.491. The molecule has 0 radical (unpaired) electrons. The highest BCUT2D eigenvalue weighted by Crippen LogP contribution is 2.45. The summed E-state index contributed by atoms with van der Waals surface area (Å²) in [6.07, 6.45) is 13.7. The van der Waals surface area contributed by atoms with Crippen molar-refractivity contribution in [1.82, 2.24) is 9.55 Å². The molecule has 0 saturated heterocycles. The summed E-state index contributed by atoms with van der Waals surface area (Å²) in [5.74, 6) is 1.76. The van der Waals surface area contributed by atoms with E-state index in [1.165, 1.54) is 57.1 Å². The van der Waals surface area contributed by atoms with Crippen LogP contribution < -0.4 is 19.8 Å².